The molecule has 10 heteroatoms. The van der Waals surface area contributed by atoms with Crippen molar-refractivity contribution in [3.63, 3.8) is 0 Å². The Morgan fingerprint density at radius 1 is 1.08 bits per heavy atom. The molecule has 38 heavy (non-hydrogen) atoms. The molecule has 0 fully saturated rings. The van der Waals surface area contributed by atoms with Crippen LogP contribution in [0.1, 0.15) is 35.5 Å². The van der Waals surface area contributed by atoms with Gasteiger partial charge in [-0.1, -0.05) is 18.2 Å². The third-order valence-electron chi connectivity index (χ3n) is 6.28. The van der Waals surface area contributed by atoms with E-state index in [9.17, 15) is 13.7 Å². The van der Waals surface area contributed by atoms with E-state index in [1.807, 2.05) is 61.9 Å². The highest BCUT2D eigenvalue weighted by molar-refractivity contribution is 7.89. The average molecular weight is 524 g/mol. The SMILES string of the molecule is Cc1cc([C@@H](C)Nc2ccccc2S(N)(=O)=O)c2cc(-c3ccc(-n4cnc(C)c4)cn3)c(C#N)nc2c1. The van der Waals surface area contributed by atoms with Gasteiger partial charge in [-0.25, -0.2) is 23.5 Å². The quantitative estimate of drug-likeness (QED) is 0.326. The molecule has 5 aromatic rings. The number of nitrogens with one attached hydrogen (secondary N) is 1. The van der Waals surface area contributed by atoms with E-state index in [-0.39, 0.29) is 16.6 Å². The lowest BCUT2D eigenvalue weighted by atomic mass is 9.96. The molecule has 0 amide bonds. The lowest BCUT2D eigenvalue weighted by molar-refractivity contribution is 0.598. The van der Waals surface area contributed by atoms with Gasteiger partial charge < -0.3 is 9.88 Å². The highest BCUT2D eigenvalue weighted by atomic mass is 32.2. The highest BCUT2D eigenvalue weighted by Gasteiger charge is 2.19. The van der Waals surface area contributed by atoms with Gasteiger partial charge in [0.2, 0.25) is 10.0 Å². The van der Waals surface area contributed by atoms with Crippen molar-refractivity contribution < 1.29 is 8.42 Å². The predicted octanol–water partition coefficient (Wildman–Crippen LogP) is 4.79. The molecule has 0 bridgehead atoms. The van der Waals surface area contributed by atoms with Crippen LogP contribution in [0.25, 0.3) is 27.8 Å². The summed E-state index contributed by atoms with van der Waals surface area (Å²) in [6, 6.07) is 18.1. The summed E-state index contributed by atoms with van der Waals surface area (Å²) >= 11 is 0. The maximum Gasteiger partial charge on any atom is 0.240 e. The van der Waals surface area contributed by atoms with Crippen molar-refractivity contribution in [2.24, 2.45) is 5.14 Å². The van der Waals surface area contributed by atoms with Crippen molar-refractivity contribution in [3.8, 4) is 23.0 Å². The maximum atomic E-state index is 12.1. The minimum absolute atomic E-state index is 0.0202. The van der Waals surface area contributed by atoms with Crippen LogP contribution in [0.15, 0.2) is 78.2 Å². The van der Waals surface area contributed by atoms with Crippen LogP contribution in [0.2, 0.25) is 0 Å². The summed E-state index contributed by atoms with van der Waals surface area (Å²) in [6.07, 6.45) is 5.36. The molecule has 0 aliphatic heterocycles. The largest absolute Gasteiger partial charge is 0.377 e. The first-order valence-corrected chi connectivity index (χ1v) is 13.4. The van der Waals surface area contributed by atoms with Gasteiger partial charge in [-0.05, 0) is 68.3 Å². The van der Waals surface area contributed by atoms with Crippen LogP contribution in [0.4, 0.5) is 5.69 Å². The molecule has 0 radical (unpaired) electrons. The number of benzene rings is 2. The van der Waals surface area contributed by atoms with Gasteiger partial charge in [-0.2, -0.15) is 5.26 Å². The van der Waals surface area contributed by atoms with Gasteiger partial charge in [0.15, 0.2) is 5.69 Å². The van der Waals surface area contributed by atoms with Crippen molar-refractivity contribution in [1.29, 1.82) is 5.26 Å². The zero-order valence-electron chi connectivity index (χ0n) is 21.0. The number of hydrogen-bond acceptors (Lipinski definition) is 7. The van der Waals surface area contributed by atoms with Crippen LogP contribution in [0, 0.1) is 25.2 Å². The van der Waals surface area contributed by atoms with E-state index in [1.165, 1.54) is 6.07 Å². The predicted molar refractivity (Wildman–Crippen MR) is 146 cm³/mol. The third-order valence-corrected chi connectivity index (χ3v) is 7.25. The van der Waals surface area contributed by atoms with Crippen LogP contribution in [0.3, 0.4) is 0 Å². The molecule has 1 atom stereocenters. The van der Waals surface area contributed by atoms with E-state index in [4.69, 9.17) is 5.14 Å². The van der Waals surface area contributed by atoms with Crippen LogP contribution < -0.4 is 10.5 Å². The molecule has 3 heterocycles. The van der Waals surface area contributed by atoms with E-state index in [0.29, 0.717) is 22.5 Å². The molecule has 0 unspecified atom stereocenters. The Balaban J connectivity index is 1.59. The van der Waals surface area contributed by atoms with E-state index < -0.39 is 10.0 Å². The molecule has 190 valence electrons. The highest BCUT2D eigenvalue weighted by Crippen LogP contribution is 2.33. The van der Waals surface area contributed by atoms with Gasteiger partial charge in [0.05, 0.1) is 40.8 Å². The van der Waals surface area contributed by atoms with Crippen molar-refractivity contribution in [1.82, 2.24) is 19.5 Å². The van der Waals surface area contributed by atoms with Gasteiger partial charge >= 0.3 is 0 Å². The number of nitrogens with zero attached hydrogens (tertiary/aromatic N) is 5. The second kappa shape index (κ2) is 9.70. The Morgan fingerprint density at radius 2 is 1.87 bits per heavy atom. The first-order chi connectivity index (χ1) is 18.1. The number of para-hydroxylation sites is 1. The molecule has 3 aromatic heterocycles. The summed E-state index contributed by atoms with van der Waals surface area (Å²) in [5.74, 6) is 0. The molecule has 5 rings (SSSR count). The monoisotopic (exact) mass is 523 g/mol. The van der Waals surface area contributed by atoms with Crippen LogP contribution in [-0.2, 0) is 10.0 Å². The first kappa shape index (κ1) is 25.1. The summed E-state index contributed by atoms with van der Waals surface area (Å²) in [5, 5.41) is 19.4. The molecule has 0 spiro atoms. The zero-order chi connectivity index (χ0) is 27.0. The van der Waals surface area contributed by atoms with E-state index in [2.05, 4.69) is 26.3 Å². The Morgan fingerprint density at radius 3 is 2.53 bits per heavy atom. The van der Waals surface area contributed by atoms with Crippen molar-refractivity contribution in [2.75, 3.05) is 5.32 Å². The number of primary sulfonamides is 1. The Hall–Kier alpha value is -4.59. The lowest BCUT2D eigenvalue weighted by Crippen LogP contribution is -2.16. The van der Waals surface area contributed by atoms with E-state index >= 15 is 0 Å². The van der Waals surface area contributed by atoms with Gasteiger partial charge in [0.25, 0.3) is 0 Å². The third kappa shape index (κ3) is 4.85. The van der Waals surface area contributed by atoms with E-state index in [1.54, 1.807) is 30.7 Å². The second-order valence-corrected chi connectivity index (χ2v) is 10.7. The number of aryl methyl sites for hydroxylation is 2. The molecule has 9 nitrogen and oxygen atoms in total. The van der Waals surface area contributed by atoms with Gasteiger partial charge in [0, 0.05) is 23.2 Å². The van der Waals surface area contributed by atoms with Crippen molar-refractivity contribution in [3.05, 3.63) is 95.8 Å². The van der Waals surface area contributed by atoms with E-state index in [0.717, 1.165) is 27.9 Å². The van der Waals surface area contributed by atoms with Gasteiger partial charge in [-0.15, -0.1) is 0 Å². The molecule has 0 saturated carbocycles. The normalized spacial score (nSPS) is 12.3. The van der Waals surface area contributed by atoms with Crippen molar-refractivity contribution in [2.45, 2.75) is 31.7 Å². The van der Waals surface area contributed by atoms with Gasteiger partial charge in [0.1, 0.15) is 11.0 Å². The number of fused-ring (bicyclic) bond motifs is 1. The number of nitrogens with two attached hydrogens (primary N) is 1. The molecule has 2 aromatic carbocycles. The Bertz CT molecular complexity index is 1820. The zero-order valence-corrected chi connectivity index (χ0v) is 21.9. The molecular weight excluding hydrogens is 498 g/mol. The minimum Gasteiger partial charge on any atom is -0.377 e. The molecule has 0 aliphatic rings. The number of pyridine rings is 2. The van der Waals surface area contributed by atoms with Crippen LogP contribution in [-0.4, -0.2) is 27.9 Å². The summed E-state index contributed by atoms with van der Waals surface area (Å²) < 4.78 is 26.1. The summed E-state index contributed by atoms with van der Waals surface area (Å²) in [4.78, 5) is 13.5. The number of imidazole rings is 1. The fraction of sp³-hybridized carbons (Fsp3) is 0.143. The Kier molecular flexibility index (Phi) is 6.40. The smallest absolute Gasteiger partial charge is 0.240 e. The second-order valence-electron chi connectivity index (χ2n) is 9.15. The molecule has 0 aliphatic carbocycles. The fourth-order valence-corrected chi connectivity index (χ4v) is 5.20. The van der Waals surface area contributed by atoms with Crippen LogP contribution in [0.5, 0.6) is 0 Å². The number of anilines is 1. The van der Waals surface area contributed by atoms with Crippen LogP contribution >= 0.6 is 0 Å². The number of nitriles is 1. The average Bonchev–Trinajstić information content (AvgIpc) is 3.33. The number of sulfonamides is 1. The Labute approximate surface area is 220 Å². The molecular formula is C28H25N7O2S. The topological polar surface area (TPSA) is 140 Å². The summed E-state index contributed by atoms with van der Waals surface area (Å²) in [7, 11) is -3.91. The number of rotatable bonds is 6. The first-order valence-electron chi connectivity index (χ1n) is 11.8. The standard InChI is InChI=1S/C28H25N7O2S/c1-17-10-21(19(3)33-25-6-4-5-7-28(25)38(30,36)37)22-12-23(27(13-29)34-26(22)11-17)24-9-8-20(14-31-24)35-15-18(2)32-16-35/h4-12,14-16,19,33H,1-3H3,(H2,30,36,37)/t19-/m1/s1. The summed E-state index contributed by atoms with van der Waals surface area (Å²) in [6.45, 7) is 5.81. The maximum absolute atomic E-state index is 12.1. The van der Waals surface area contributed by atoms with Crippen molar-refractivity contribution >= 4 is 26.6 Å². The minimum atomic E-state index is -3.91. The molecule has 3 N–H and O–H groups in total. The fourth-order valence-electron chi connectivity index (χ4n) is 4.49. The molecule has 0 saturated heterocycles. The number of hydrogen-bond donors (Lipinski definition) is 2. The number of aromatic nitrogens is 4. The lowest BCUT2D eigenvalue weighted by Gasteiger charge is -2.20. The summed E-state index contributed by atoms with van der Waals surface area (Å²) in [5.41, 5.74) is 6.18. The van der Waals surface area contributed by atoms with Gasteiger partial charge in [-0.3, -0.25) is 4.98 Å².